The summed E-state index contributed by atoms with van der Waals surface area (Å²) in [5, 5.41) is 0. The van der Waals surface area contributed by atoms with Crippen LogP contribution in [0.25, 0.3) is 11.1 Å². The van der Waals surface area contributed by atoms with Crippen molar-refractivity contribution in [3.63, 3.8) is 0 Å². The second-order valence-electron chi connectivity index (χ2n) is 9.46. The fourth-order valence-electron chi connectivity index (χ4n) is 4.87. The lowest BCUT2D eigenvalue weighted by molar-refractivity contribution is -0.276. The summed E-state index contributed by atoms with van der Waals surface area (Å²) in [6.45, 7) is 2.18. The molecule has 1 heterocycles. The highest BCUT2D eigenvalue weighted by Gasteiger charge is 2.34. The summed E-state index contributed by atoms with van der Waals surface area (Å²) in [6, 6.07) is 27.7. The molecule has 0 bridgehead atoms. The van der Waals surface area contributed by atoms with Gasteiger partial charge in [0, 0.05) is 26.2 Å². The highest BCUT2D eigenvalue weighted by atomic mass is 19.4. The molecule has 0 spiro atoms. The molecule has 212 valence electrons. The molecule has 0 aliphatic carbocycles. The number of rotatable bonds is 6. The Labute approximate surface area is 233 Å². The molecule has 0 atom stereocenters. The minimum absolute atomic E-state index is 0.00471. The summed E-state index contributed by atoms with van der Waals surface area (Å²) in [5.41, 5.74) is 2.63. The number of carbonyl (C=O) groups excluding carboxylic acids is 1. The molecule has 1 aliphatic rings. The zero-order valence-corrected chi connectivity index (χ0v) is 21.7. The lowest BCUT2D eigenvalue weighted by atomic mass is 9.96. The summed E-state index contributed by atoms with van der Waals surface area (Å²) in [7, 11) is 0. The monoisotopic (exact) mass is 568 g/mol. The van der Waals surface area contributed by atoms with Crippen molar-refractivity contribution < 1.29 is 36.2 Å². The van der Waals surface area contributed by atoms with E-state index in [-0.39, 0.29) is 17.4 Å². The summed E-state index contributed by atoms with van der Waals surface area (Å²) in [4.78, 5) is 16.8. The highest BCUT2D eigenvalue weighted by molar-refractivity contribution is 5.72. The molecule has 10 heteroatoms. The van der Waals surface area contributed by atoms with Gasteiger partial charge >= 0.3 is 12.5 Å². The number of nitrogens with zero attached hydrogens (tertiary/aromatic N) is 2. The van der Waals surface area contributed by atoms with Crippen LogP contribution in [0.3, 0.4) is 0 Å². The van der Waals surface area contributed by atoms with Gasteiger partial charge in [0.1, 0.15) is 5.75 Å². The summed E-state index contributed by atoms with van der Waals surface area (Å²) >= 11 is 0. The normalized spacial score (nSPS) is 14.2. The molecule has 1 fully saturated rings. The number of alkyl halides is 3. The second kappa shape index (κ2) is 12.0. The van der Waals surface area contributed by atoms with Gasteiger partial charge in [0.2, 0.25) is 5.75 Å². The Morgan fingerprint density at radius 3 is 1.71 bits per heavy atom. The average Bonchev–Trinajstić information content (AvgIpc) is 2.96. The van der Waals surface area contributed by atoms with Crippen LogP contribution in [0.2, 0.25) is 0 Å². The smallest absolute Gasteiger partial charge is 0.410 e. The second-order valence-corrected chi connectivity index (χ2v) is 9.46. The quantitative estimate of drug-likeness (QED) is 0.227. The fourth-order valence-corrected chi connectivity index (χ4v) is 4.87. The molecule has 1 saturated heterocycles. The molecule has 0 radical (unpaired) electrons. The average molecular weight is 569 g/mol. The summed E-state index contributed by atoms with van der Waals surface area (Å²) in [6.07, 6.45) is -5.76. The molecular formula is C31H25F5N2O3. The van der Waals surface area contributed by atoms with E-state index in [0.29, 0.717) is 31.7 Å². The van der Waals surface area contributed by atoms with Crippen molar-refractivity contribution >= 4 is 6.09 Å². The minimum atomic E-state index is -5.23. The van der Waals surface area contributed by atoms with Crippen molar-refractivity contribution in [3.05, 3.63) is 120 Å². The molecule has 0 aromatic heterocycles. The molecule has 1 aliphatic heterocycles. The van der Waals surface area contributed by atoms with Crippen molar-refractivity contribution in [2.45, 2.75) is 12.4 Å². The Balaban J connectivity index is 1.21. The van der Waals surface area contributed by atoms with E-state index in [1.807, 2.05) is 36.4 Å². The van der Waals surface area contributed by atoms with Crippen LogP contribution in [0.5, 0.6) is 11.5 Å². The van der Waals surface area contributed by atoms with E-state index < -0.39 is 29.8 Å². The predicted octanol–water partition coefficient (Wildman–Crippen LogP) is 7.44. The van der Waals surface area contributed by atoms with Crippen LogP contribution < -0.4 is 9.47 Å². The van der Waals surface area contributed by atoms with Gasteiger partial charge in [0.25, 0.3) is 0 Å². The predicted molar refractivity (Wildman–Crippen MR) is 142 cm³/mol. The Morgan fingerprint density at radius 2 is 1.22 bits per heavy atom. The summed E-state index contributed by atoms with van der Waals surface area (Å²) < 4.78 is 74.4. The van der Waals surface area contributed by atoms with Crippen molar-refractivity contribution in [1.29, 1.82) is 0 Å². The van der Waals surface area contributed by atoms with Crippen LogP contribution in [-0.4, -0.2) is 48.4 Å². The van der Waals surface area contributed by atoms with Gasteiger partial charge in [0.15, 0.2) is 11.6 Å². The van der Waals surface area contributed by atoms with Gasteiger partial charge in [-0.05, 0) is 46.5 Å². The van der Waals surface area contributed by atoms with Crippen LogP contribution in [0.15, 0.2) is 97.1 Å². The molecule has 5 rings (SSSR count). The number of hydrogen-bond acceptors (Lipinski definition) is 4. The van der Waals surface area contributed by atoms with Crippen LogP contribution in [0.1, 0.15) is 17.2 Å². The van der Waals surface area contributed by atoms with Gasteiger partial charge in [-0.1, -0.05) is 72.8 Å². The Bertz CT molecular complexity index is 1410. The van der Waals surface area contributed by atoms with Gasteiger partial charge in [-0.25, -0.2) is 13.6 Å². The Morgan fingerprint density at radius 1 is 0.707 bits per heavy atom. The van der Waals surface area contributed by atoms with Crippen molar-refractivity contribution in [2.75, 3.05) is 26.2 Å². The van der Waals surface area contributed by atoms with E-state index in [1.165, 1.54) is 24.3 Å². The number of benzene rings is 4. The summed E-state index contributed by atoms with van der Waals surface area (Å²) in [5.74, 6) is -4.29. The van der Waals surface area contributed by atoms with E-state index in [0.717, 1.165) is 23.3 Å². The van der Waals surface area contributed by atoms with Crippen LogP contribution >= 0.6 is 0 Å². The van der Waals surface area contributed by atoms with Crippen molar-refractivity contribution in [1.82, 2.24) is 9.80 Å². The Kier molecular flexibility index (Phi) is 8.21. The molecule has 4 aromatic carbocycles. The first kappa shape index (κ1) is 28.1. The number of piperazine rings is 1. The fraction of sp³-hybridized carbons (Fsp3) is 0.194. The SMILES string of the molecule is O=C(Oc1ccc(-c2cc(F)c(OC(F)(F)F)c(F)c2)cc1)N1CCN(C(c2ccccc2)c2ccccc2)CC1. The molecule has 41 heavy (non-hydrogen) atoms. The van der Waals surface area contributed by atoms with Gasteiger partial charge < -0.3 is 14.4 Å². The first-order valence-corrected chi connectivity index (χ1v) is 12.8. The van der Waals surface area contributed by atoms with Crippen LogP contribution in [0.4, 0.5) is 26.7 Å². The Hall–Kier alpha value is -4.44. The van der Waals surface area contributed by atoms with E-state index in [2.05, 4.69) is 33.9 Å². The zero-order valence-electron chi connectivity index (χ0n) is 21.7. The van der Waals surface area contributed by atoms with Crippen LogP contribution in [0, 0.1) is 11.6 Å². The third-order valence-electron chi connectivity index (χ3n) is 6.78. The first-order chi connectivity index (χ1) is 19.7. The van der Waals surface area contributed by atoms with Gasteiger partial charge in [-0.3, -0.25) is 4.90 Å². The van der Waals surface area contributed by atoms with E-state index in [4.69, 9.17) is 4.74 Å². The lowest BCUT2D eigenvalue weighted by Gasteiger charge is -2.39. The van der Waals surface area contributed by atoms with Crippen molar-refractivity contribution in [2.24, 2.45) is 0 Å². The first-order valence-electron chi connectivity index (χ1n) is 12.8. The number of hydrogen-bond donors (Lipinski definition) is 0. The molecular weight excluding hydrogens is 543 g/mol. The lowest BCUT2D eigenvalue weighted by Crippen LogP contribution is -2.50. The number of halogens is 5. The minimum Gasteiger partial charge on any atom is -0.410 e. The van der Waals surface area contributed by atoms with E-state index in [1.54, 1.807) is 4.90 Å². The molecule has 4 aromatic rings. The molecule has 0 saturated carbocycles. The molecule has 0 unspecified atom stereocenters. The van der Waals surface area contributed by atoms with E-state index in [9.17, 15) is 26.7 Å². The number of carbonyl (C=O) groups is 1. The van der Waals surface area contributed by atoms with Gasteiger partial charge in [-0.2, -0.15) is 0 Å². The van der Waals surface area contributed by atoms with Gasteiger partial charge in [-0.15, -0.1) is 13.2 Å². The maximum absolute atomic E-state index is 14.1. The third kappa shape index (κ3) is 6.83. The molecule has 1 amide bonds. The largest absolute Gasteiger partial charge is 0.573 e. The van der Waals surface area contributed by atoms with E-state index >= 15 is 0 Å². The molecule has 0 N–H and O–H groups in total. The molecule has 5 nitrogen and oxygen atoms in total. The zero-order chi connectivity index (χ0) is 29.0. The topological polar surface area (TPSA) is 42.0 Å². The number of ether oxygens (including phenoxy) is 2. The maximum atomic E-state index is 14.1. The maximum Gasteiger partial charge on any atom is 0.573 e. The standard InChI is InChI=1S/C31H25F5N2O3/c32-26-19-24(20-27(33)29(26)41-31(34,35)36)21-11-13-25(14-12-21)40-30(39)38-17-15-37(16-18-38)28(22-7-3-1-4-8-22)23-9-5-2-6-10-23/h1-14,19-20,28H,15-18H2. The number of amides is 1. The van der Waals surface area contributed by atoms with Crippen LogP contribution in [-0.2, 0) is 0 Å². The van der Waals surface area contributed by atoms with Gasteiger partial charge in [0.05, 0.1) is 6.04 Å². The highest BCUT2D eigenvalue weighted by Crippen LogP contribution is 2.33. The third-order valence-corrected chi connectivity index (χ3v) is 6.78. The van der Waals surface area contributed by atoms with Crippen molar-refractivity contribution in [3.8, 4) is 22.6 Å².